The van der Waals surface area contributed by atoms with Crippen molar-refractivity contribution in [2.75, 3.05) is 0 Å². The second-order valence-corrected chi connectivity index (χ2v) is 7.77. The molecule has 0 radical (unpaired) electrons. The molecule has 0 bridgehead atoms. The van der Waals surface area contributed by atoms with Crippen LogP contribution in [0.4, 0.5) is 30.7 Å². The minimum absolute atomic E-state index is 0.294. The summed E-state index contributed by atoms with van der Waals surface area (Å²) in [6, 6.07) is 3.60. The Morgan fingerprint density at radius 2 is 1.56 bits per heavy atom. The van der Waals surface area contributed by atoms with Gasteiger partial charge in [0.25, 0.3) is 15.8 Å². The van der Waals surface area contributed by atoms with E-state index in [9.17, 15) is 39.2 Å². The first-order valence-corrected chi connectivity index (χ1v) is 8.77. The summed E-state index contributed by atoms with van der Waals surface area (Å²) in [4.78, 5) is -1.28. The molecule has 1 aliphatic rings. The van der Waals surface area contributed by atoms with Gasteiger partial charge in [0.2, 0.25) is 0 Å². The van der Waals surface area contributed by atoms with Crippen LogP contribution in [0.5, 0.6) is 11.5 Å². The molecular formula is C16H9F7O3S. The molecule has 11 heteroatoms. The van der Waals surface area contributed by atoms with Gasteiger partial charge in [0.15, 0.2) is 11.6 Å². The smallest absolute Gasteiger partial charge is 0.457 e. The SMILES string of the molecule is O=S(=O)(c1ccc(Oc2ccc(F)c(F)c2)c2c1CC(F)(F)C2)C(F)(F)F. The van der Waals surface area contributed by atoms with Gasteiger partial charge in [-0.15, -0.1) is 0 Å². The average Bonchev–Trinajstić information content (AvgIpc) is 2.85. The summed E-state index contributed by atoms with van der Waals surface area (Å²) in [6.45, 7) is 0. The fourth-order valence-electron chi connectivity index (χ4n) is 2.76. The van der Waals surface area contributed by atoms with Gasteiger partial charge in [-0.05, 0) is 29.8 Å². The number of hydrogen-bond donors (Lipinski definition) is 0. The molecule has 2 aromatic carbocycles. The monoisotopic (exact) mass is 414 g/mol. The van der Waals surface area contributed by atoms with E-state index in [1.54, 1.807) is 0 Å². The van der Waals surface area contributed by atoms with Crippen LogP contribution < -0.4 is 4.74 Å². The van der Waals surface area contributed by atoms with Crippen molar-refractivity contribution in [2.45, 2.75) is 29.2 Å². The molecule has 0 aliphatic heterocycles. The molecule has 0 unspecified atom stereocenters. The quantitative estimate of drug-likeness (QED) is 0.679. The third-order valence-corrected chi connectivity index (χ3v) is 5.50. The van der Waals surface area contributed by atoms with Crippen LogP contribution in [0.2, 0.25) is 0 Å². The second kappa shape index (κ2) is 6.11. The van der Waals surface area contributed by atoms with Crippen molar-refractivity contribution < 1.29 is 43.9 Å². The Balaban J connectivity index is 2.11. The standard InChI is InChI=1S/C16H9F7O3S/c17-11-2-1-8(5-12(11)18)26-13-3-4-14(27(24,25)16(21,22)23)10-7-15(19,20)6-9(10)13/h1-5H,6-7H2. The number of ether oxygens (including phenoxy) is 1. The summed E-state index contributed by atoms with van der Waals surface area (Å²) < 4.78 is 121. The van der Waals surface area contributed by atoms with E-state index in [1.165, 1.54) is 0 Å². The van der Waals surface area contributed by atoms with Gasteiger partial charge in [0.05, 0.1) is 4.90 Å². The molecule has 0 saturated heterocycles. The number of halogens is 7. The zero-order valence-electron chi connectivity index (χ0n) is 13.1. The number of sulfone groups is 1. The van der Waals surface area contributed by atoms with Gasteiger partial charge in [-0.1, -0.05) is 0 Å². The molecule has 27 heavy (non-hydrogen) atoms. The first-order chi connectivity index (χ1) is 12.3. The Hall–Kier alpha value is -2.30. The fraction of sp³-hybridized carbons (Fsp3) is 0.250. The molecule has 0 aromatic heterocycles. The fourth-order valence-corrected chi connectivity index (χ4v) is 3.77. The minimum atomic E-state index is -5.85. The molecule has 1 aliphatic carbocycles. The van der Waals surface area contributed by atoms with Gasteiger partial charge in [-0.3, -0.25) is 0 Å². The molecule has 0 fully saturated rings. The molecule has 0 atom stereocenters. The van der Waals surface area contributed by atoms with E-state index in [0.717, 1.165) is 12.1 Å². The van der Waals surface area contributed by atoms with E-state index in [0.29, 0.717) is 18.2 Å². The Morgan fingerprint density at radius 3 is 2.15 bits per heavy atom. The summed E-state index contributed by atoms with van der Waals surface area (Å²) in [6.07, 6.45) is -2.27. The van der Waals surface area contributed by atoms with Crippen LogP contribution >= 0.6 is 0 Å². The van der Waals surface area contributed by atoms with Crippen molar-refractivity contribution in [3.05, 3.63) is 53.1 Å². The summed E-state index contributed by atoms with van der Waals surface area (Å²) >= 11 is 0. The van der Waals surface area contributed by atoms with Gasteiger partial charge in [0.1, 0.15) is 11.5 Å². The molecule has 146 valence electrons. The summed E-state index contributed by atoms with van der Waals surface area (Å²) in [5.74, 6) is -6.62. The minimum Gasteiger partial charge on any atom is -0.457 e. The molecule has 3 nitrogen and oxygen atoms in total. The molecule has 2 aromatic rings. The predicted octanol–water partition coefficient (Wildman–Crippen LogP) is 4.78. The Bertz CT molecular complexity index is 1010. The second-order valence-electron chi connectivity index (χ2n) is 5.86. The van der Waals surface area contributed by atoms with Gasteiger partial charge >= 0.3 is 5.51 Å². The van der Waals surface area contributed by atoms with Crippen molar-refractivity contribution >= 4 is 9.84 Å². The highest BCUT2D eigenvalue weighted by molar-refractivity contribution is 7.92. The summed E-state index contributed by atoms with van der Waals surface area (Å²) in [5.41, 5.74) is -6.81. The Labute approximate surface area is 148 Å². The van der Waals surface area contributed by atoms with E-state index in [4.69, 9.17) is 4.74 Å². The topological polar surface area (TPSA) is 43.4 Å². The maximum atomic E-state index is 13.8. The molecule has 0 spiro atoms. The lowest BCUT2D eigenvalue weighted by Crippen LogP contribution is -2.25. The lowest BCUT2D eigenvalue weighted by molar-refractivity contribution is -0.0437. The van der Waals surface area contributed by atoms with Crippen molar-refractivity contribution in [3.8, 4) is 11.5 Å². The molecule has 0 N–H and O–H groups in total. The highest BCUT2D eigenvalue weighted by Gasteiger charge is 2.51. The summed E-state index contributed by atoms with van der Waals surface area (Å²) in [5, 5.41) is 0. The van der Waals surface area contributed by atoms with Gasteiger partial charge in [0, 0.05) is 24.5 Å². The normalized spacial score (nSPS) is 16.3. The van der Waals surface area contributed by atoms with E-state index in [-0.39, 0.29) is 11.5 Å². The largest absolute Gasteiger partial charge is 0.501 e. The Kier molecular flexibility index (Phi) is 4.41. The predicted molar refractivity (Wildman–Crippen MR) is 78.5 cm³/mol. The van der Waals surface area contributed by atoms with Crippen LogP contribution in [-0.4, -0.2) is 19.8 Å². The number of alkyl halides is 5. The van der Waals surface area contributed by atoms with Gasteiger partial charge in [-0.2, -0.15) is 13.2 Å². The molecule has 0 amide bonds. The van der Waals surface area contributed by atoms with Gasteiger partial charge in [-0.25, -0.2) is 26.0 Å². The molecule has 0 heterocycles. The number of benzene rings is 2. The van der Waals surface area contributed by atoms with Crippen molar-refractivity contribution in [3.63, 3.8) is 0 Å². The molecule has 3 rings (SSSR count). The van der Waals surface area contributed by atoms with Crippen LogP contribution in [-0.2, 0) is 22.7 Å². The third-order valence-electron chi connectivity index (χ3n) is 3.93. The maximum Gasteiger partial charge on any atom is 0.501 e. The molecular weight excluding hydrogens is 405 g/mol. The first-order valence-electron chi connectivity index (χ1n) is 7.29. The van der Waals surface area contributed by atoms with E-state index < -0.39 is 61.8 Å². The van der Waals surface area contributed by atoms with E-state index in [2.05, 4.69) is 0 Å². The maximum absolute atomic E-state index is 13.8. The first kappa shape index (κ1) is 19.5. The van der Waals surface area contributed by atoms with Crippen LogP contribution in [0.1, 0.15) is 11.1 Å². The van der Waals surface area contributed by atoms with Crippen molar-refractivity contribution in [1.82, 2.24) is 0 Å². The number of rotatable bonds is 3. The zero-order chi connectivity index (χ0) is 20.2. The molecule has 0 saturated carbocycles. The average molecular weight is 414 g/mol. The van der Waals surface area contributed by atoms with Crippen LogP contribution in [0, 0.1) is 11.6 Å². The highest BCUT2D eigenvalue weighted by Crippen LogP contribution is 2.45. The van der Waals surface area contributed by atoms with Crippen LogP contribution in [0.15, 0.2) is 35.2 Å². The van der Waals surface area contributed by atoms with Crippen LogP contribution in [0.25, 0.3) is 0 Å². The van der Waals surface area contributed by atoms with Crippen molar-refractivity contribution in [1.29, 1.82) is 0 Å². The number of fused-ring (bicyclic) bond motifs is 1. The third kappa shape index (κ3) is 3.47. The number of hydrogen-bond acceptors (Lipinski definition) is 3. The van der Waals surface area contributed by atoms with Crippen molar-refractivity contribution in [2.24, 2.45) is 0 Å². The lowest BCUT2D eigenvalue weighted by atomic mass is 10.1. The van der Waals surface area contributed by atoms with E-state index >= 15 is 0 Å². The van der Waals surface area contributed by atoms with Crippen LogP contribution in [0.3, 0.4) is 0 Å². The van der Waals surface area contributed by atoms with Gasteiger partial charge < -0.3 is 4.74 Å². The zero-order valence-corrected chi connectivity index (χ0v) is 13.9. The highest BCUT2D eigenvalue weighted by atomic mass is 32.2. The summed E-state index contributed by atoms with van der Waals surface area (Å²) in [7, 11) is -5.85. The van der Waals surface area contributed by atoms with E-state index in [1.807, 2.05) is 0 Å². The Morgan fingerprint density at radius 1 is 0.926 bits per heavy atom. The lowest BCUT2D eigenvalue weighted by Gasteiger charge is -2.15.